The quantitative estimate of drug-likeness (QED) is 0.0131. The molecule has 10 rings (SSSR count). The number of nitrogens with one attached hydrogen (secondary N) is 7. The number of nitrogens with two attached hydrogens (primary N) is 1. The number of fused-ring (bicyclic) bond motifs is 5. The molecular formula is C100H124N12O16S. The number of hydrogen-bond donors (Lipinski definition) is 8. The third kappa shape index (κ3) is 26.0. The van der Waals surface area contributed by atoms with E-state index < -0.39 is 148 Å². The number of thioether (sulfide) groups is 1. The number of alkyl carbamates (subject to hydrolysis) is 2. The maximum absolute atomic E-state index is 16.4. The summed E-state index contributed by atoms with van der Waals surface area (Å²) >= 11 is 1.39. The van der Waals surface area contributed by atoms with Crippen molar-refractivity contribution in [3.63, 3.8) is 0 Å². The molecule has 9 N–H and O–H groups in total. The van der Waals surface area contributed by atoms with Crippen LogP contribution in [-0.4, -0.2) is 189 Å². The molecule has 129 heavy (non-hydrogen) atoms. The fourth-order valence-electron chi connectivity index (χ4n) is 16.1. The first-order chi connectivity index (χ1) is 61.3. The number of hydrogen-bond acceptors (Lipinski definition) is 17. The summed E-state index contributed by atoms with van der Waals surface area (Å²) in [5, 5.41) is 20.7. The second-order valence-corrected chi connectivity index (χ2v) is 37.3. The number of carbonyl (C=O) groups excluding carboxylic acids is 12. The molecule has 0 saturated heterocycles. The number of unbranched alkanes of at least 4 members (excludes halogenated alkanes) is 2. The van der Waals surface area contributed by atoms with E-state index in [2.05, 4.69) is 37.2 Å². The van der Waals surface area contributed by atoms with Crippen molar-refractivity contribution in [1.82, 2.24) is 56.2 Å². The normalized spacial score (nSPS) is 13.8. The molecule has 28 nitrogen and oxygen atoms in total. The van der Waals surface area contributed by atoms with Gasteiger partial charge in [-0.2, -0.15) is 0 Å². The van der Waals surface area contributed by atoms with Gasteiger partial charge in [-0.05, 0) is 156 Å². The molecule has 2 aromatic heterocycles. The van der Waals surface area contributed by atoms with Gasteiger partial charge in [-0.25, -0.2) is 19.2 Å². The van der Waals surface area contributed by atoms with Crippen LogP contribution in [0.4, 0.5) is 19.2 Å². The minimum Gasteiger partial charge on any atom is -0.449 e. The molecule has 29 heteroatoms. The zero-order valence-electron chi connectivity index (χ0n) is 76.5. The second-order valence-electron chi connectivity index (χ2n) is 36.1. The van der Waals surface area contributed by atoms with Crippen molar-refractivity contribution in [2.75, 3.05) is 39.5 Å². The van der Waals surface area contributed by atoms with Gasteiger partial charge in [0, 0.05) is 68.3 Å². The molecule has 0 bridgehead atoms. The molecule has 7 atom stereocenters. The molecule has 0 fully saturated rings. The largest absolute Gasteiger partial charge is 0.449 e. The van der Waals surface area contributed by atoms with E-state index >= 15 is 28.8 Å². The van der Waals surface area contributed by atoms with E-state index in [1.807, 2.05) is 167 Å². The van der Waals surface area contributed by atoms with Gasteiger partial charge in [0.25, 0.3) is 0 Å². The summed E-state index contributed by atoms with van der Waals surface area (Å²) in [4.78, 5) is 181. The van der Waals surface area contributed by atoms with Crippen LogP contribution < -0.4 is 43.0 Å². The third-order valence-corrected chi connectivity index (χ3v) is 23.9. The van der Waals surface area contributed by atoms with Crippen LogP contribution in [0.2, 0.25) is 0 Å². The van der Waals surface area contributed by atoms with Crippen molar-refractivity contribution in [3.05, 3.63) is 239 Å². The zero-order valence-corrected chi connectivity index (χ0v) is 77.3. The molecule has 2 heterocycles. The zero-order chi connectivity index (χ0) is 93.7. The van der Waals surface area contributed by atoms with Crippen LogP contribution in [-0.2, 0) is 74.9 Å². The minimum atomic E-state index is -1.68. The lowest BCUT2D eigenvalue weighted by atomic mass is 9.84. The van der Waals surface area contributed by atoms with Gasteiger partial charge in [-0.3, -0.25) is 47.5 Å². The van der Waals surface area contributed by atoms with Crippen LogP contribution in [0.15, 0.2) is 200 Å². The maximum atomic E-state index is 16.4. The number of ether oxygens (including phenoxy) is 4. The molecule has 0 spiro atoms. The highest BCUT2D eigenvalue weighted by atomic mass is 32.2. The Bertz CT molecular complexity index is 5300. The van der Waals surface area contributed by atoms with E-state index in [1.165, 1.54) is 57.2 Å². The standard InChI is InChI=1S/C100H124N12O16S/c1-16-18-49-83(90(118)105-77(55-63(3)4)88(116)107-80(86(114)103-58-85(101)113)62-129-100(66-37-23-20-24-38-66,67-39-25-21-26-40-67)68-41-27-22-28-42-68)109(14)92(120)84(50-19-17-2)110(15)91(119)79(57-65-60-112(96(124)128-99(11,12)13)82-52-36-34-44-70(65)82)106-87(115)76(53-54-102-93(121)126-97(5,6)7)104-89(117)78(56-64-59-111(95(123)127-98(8,9)10)81-51-35-33-43-69(64)81)108-94(122)125-61-75-73-47-31-29-45-71(73)72-46-30-32-48-74(72)75/h20-48,51-52,59-60,63,75-80,83-84H,16-19,49-50,53-58,61-62H2,1-15H3,(H2,101,113)(H,102,121)(H,103,114)(H,104,117)(H,105,118)(H,106,115)(H,107,116)(H,108,122)/t76-,77-,78-,79-,80-,83-,84-/m0/s1. The topological polar surface area (TPSA) is 368 Å². The van der Waals surface area contributed by atoms with E-state index in [4.69, 9.17) is 24.7 Å². The highest BCUT2D eigenvalue weighted by Crippen LogP contribution is 2.49. The van der Waals surface area contributed by atoms with Gasteiger partial charge in [0.2, 0.25) is 47.3 Å². The summed E-state index contributed by atoms with van der Waals surface area (Å²) < 4.78 is 25.0. The fraction of sp³-hybridized carbons (Fsp3) is 0.420. The number of likely N-dealkylation sites (N-methyl/N-ethyl adjacent to an activating group) is 2. The number of para-hydroxylation sites is 2. The highest BCUT2D eigenvalue weighted by molar-refractivity contribution is 8.00. The first kappa shape index (κ1) is 98.4. The van der Waals surface area contributed by atoms with Crippen molar-refractivity contribution in [3.8, 4) is 11.1 Å². The third-order valence-electron chi connectivity index (χ3n) is 22.2. The van der Waals surface area contributed by atoms with Crippen molar-refractivity contribution in [1.29, 1.82) is 0 Å². The maximum Gasteiger partial charge on any atom is 0.419 e. The summed E-state index contributed by atoms with van der Waals surface area (Å²) in [5.41, 5.74) is 10.7. The number of carbonyl (C=O) groups is 12. The van der Waals surface area contributed by atoms with Crippen LogP contribution >= 0.6 is 11.8 Å². The average Bonchev–Trinajstić information content (AvgIpc) is 1.48. The van der Waals surface area contributed by atoms with Gasteiger partial charge in [-0.1, -0.05) is 229 Å². The molecule has 1 aliphatic carbocycles. The minimum absolute atomic E-state index is 0.0296. The van der Waals surface area contributed by atoms with Gasteiger partial charge >= 0.3 is 24.4 Å². The summed E-state index contributed by atoms with van der Waals surface area (Å²) in [7, 11) is 2.85. The number of primary amides is 1. The molecule has 0 saturated carbocycles. The molecule has 0 unspecified atom stereocenters. The van der Waals surface area contributed by atoms with Gasteiger partial charge in [0.1, 0.15) is 65.7 Å². The summed E-state index contributed by atoms with van der Waals surface area (Å²) in [6.07, 6.45) is 0.634. The lowest BCUT2D eigenvalue weighted by Crippen LogP contribution is -2.61. The molecule has 0 aliphatic heterocycles. The van der Waals surface area contributed by atoms with Crippen LogP contribution in [0.25, 0.3) is 32.9 Å². The SMILES string of the molecule is CCCC[C@@H](C(=O)N(C)[C@@H](CCCC)C(=O)N[C@@H](CC(C)C)C(=O)N[C@@H](CSC(c1ccccc1)(c1ccccc1)c1ccccc1)C(=O)NCC(N)=O)N(C)C(=O)[C@H](Cc1cn(C(=O)OC(C)(C)C)c2ccccc12)NC(=O)[C@H](CCNC(=O)OC(C)(C)C)NC(=O)[C@H](Cc1cn(C(=O)OC(C)(C)C)c2ccccc12)NC(=O)OCC1c2ccccc2-c2ccccc21. The second kappa shape index (κ2) is 44.3. The number of amides is 10. The van der Waals surface area contributed by atoms with E-state index in [9.17, 15) is 28.8 Å². The van der Waals surface area contributed by atoms with Gasteiger partial charge in [-0.15, -0.1) is 11.8 Å². The molecule has 686 valence electrons. The Labute approximate surface area is 759 Å². The Balaban J connectivity index is 0.989. The molecular weight excluding hydrogens is 1660 g/mol. The fourth-order valence-corrected chi connectivity index (χ4v) is 17.7. The Morgan fingerprint density at radius 2 is 0.860 bits per heavy atom. The molecule has 1 aliphatic rings. The number of aromatic nitrogens is 2. The first-order valence-electron chi connectivity index (χ1n) is 44.1. The van der Waals surface area contributed by atoms with Crippen LogP contribution in [0.5, 0.6) is 0 Å². The van der Waals surface area contributed by atoms with Crippen LogP contribution in [0.3, 0.4) is 0 Å². The molecule has 10 amide bonds. The average molecular weight is 1780 g/mol. The first-order valence-corrected chi connectivity index (χ1v) is 45.1. The Morgan fingerprint density at radius 3 is 1.34 bits per heavy atom. The van der Waals surface area contributed by atoms with E-state index in [0.29, 0.717) is 58.6 Å². The van der Waals surface area contributed by atoms with Gasteiger partial charge < -0.3 is 71.7 Å². The summed E-state index contributed by atoms with van der Waals surface area (Å²) in [6.45, 7) is 21.8. The predicted molar refractivity (Wildman–Crippen MR) is 499 cm³/mol. The number of benzene rings is 7. The smallest absolute Gasteiger partial charge is 0.419 e. The van der Waals surface area contributed by atoms with Crippen molar-refractivity contribution in [2.24, 2.45) is 11.7 Å². The van der Waals surface area contributed by atoms with Gasteiger partial charge in [0.05, 0.1) is 22.3 Å². The van der Waals surface area contributed by atoms with Crippen molar-refractivity contribution >= 4 is 105 Å². The lowest BCUT2D eigenvalue weighted by molar-refractivity contribution is -0.149. The Morgan fingerprint density at radius 1 is 0.442 bits per heavy atom. The highest BCUT2D eigenvalue weighted by Gasteiger charge is 2.43. The molecule has 7 aromatic carbocycles. The molecule has 9 aromatic rings. The Kier molecular flexibility index (Phi) is 33.8. The van der Waals surface area contributed by atoms with E-state index in [1.54, 1.807) is 111 Å². The molecule has 0 radical (unpaired) electrons. The monoisotopic (exact) mass is 1780 g/mol. The summed E-state index contributed by atoms with van der Waals surface area (Å²) in [5.74, 6) is -7.13. The van der Waals surface area contributed by atoms with Crippen molar-refractivity contribution < 1.29 is 76.5 Å². The lowest BCUT2D eigenvalue weighted by Gasteiger charge is -2.37. The van der Waals surface area contributed by atoms with Crippen molar-refractivity contribution in [2.45, 2.75) is 224 Å². The number of rotatable bonds is 39. The van der Waals surface area contributed by atoms with Crippen LogP contribution in [0, 0.1) is 5.92 Å². The number of nitrogens with zero attached hydrogens (tertiary/aromatic N) is 4. The summed E-state index contributed by atoms with van der Waals surface area (Å²) in [6, 6.07) is 48.3. The van der Waals surface area contributed by atoms with E-state index in [-0.39, 0.29) is 63.3 Å². The Hall–Kier alpha value is -12.8. The van der Waals surface area contributed by atoms with E-state index in [0.717, 1.165) is 38.9 Å². The predicted octanol–water partition coefficient (Wildman–Crippen LogP) is 14.1. The van der Waals surface area contributed by atoms with Gasteiger partial charge in [0.15, 0.2) is 0 Å². The van der Waals surface area contributed by atoms with Crippen LogP contribution in [0.1, 0.15) is 186 Å².